The van der Waals surface area contributed by atoms with Gasteiger partial charge in [-0.1, -0.05) is 0 Å². The number of amidine groups is 1. The van der Waals surface area contributed by atoms with E-state index in [1.165, 1.54) is 12.3 Å². The highest BCUT2D eigenvalue weighted by Gasteiger charge is 2.01. The first-order chi connectivity index (χ1) is 3.79. The van der Waals surface area contributed by atoms with Gasteiger partial charge in [-0.25, -0.2) is 10.3 Å². The molecule has 0 amide bonds. The Balaban J connectivity index is 2.63. The lowest BCUT2D eigenvalue weighted by atomic mass is 10.5. The third-order valence-corrected chi connectivity index (χ3v) is 0.729. The van der Waals surface area contributed by atoms with Crippen molar-refractivity contribution in [2.24, 2.45) is 10.7 Å². The minimum absolute atomic E-state index is 0.313. The van der Waals surface area contributed by atoms with E-state index < -0.39 is 6.35 Å². The molecule has 0 bridgehead atoms. The molecule has 1 rings (SSSR count). The molecule has 0 saturated heterocycles. The topological polar surface area (TPSA) is 72.7 Å². The second-order valence-corrected chi connectivity index (χ2v) is 1.37. The summed E-state index contributed by atoms with van der Waals surface area (Å²) in [5.74, 6) is 0.313. The fourth-order valence-electron chi connectivity index (χ4n) is 0.406. The van der Waals surface area contributed by atoms with Crippen LogP contribution in [0.25, 0.3) is 0 Å². The normalized spacial score (nSPS) is 26.6. The quantitative estimate of drug-likeness (QED) is 0.411. The van der Waals surface area contributed by atoms with Gasteiger partial charge in [-0.3, -0.25) is 0 Å². The zero-order valence-electron chi connectivity index (χ0n) is 4.15. The van der Waals surface area contributed by atoms with Crippen LogP contribution in [0.2, 0.25) is 0 Å². The zero-order chi connectivity index (χ0) is 5.98. The van der Waals surface area contributed by atoms with Crippen LogP contribution >= 0.6 is 0 Å². The van der Waals surface area contributed by atoms with Gasteiger partial charge in [0.1, 0.15) is 5.84 Å². The van der Waals surface area contributed by atoms with Crippen LogP contribution in [0.5, 0.6) is 0 Å². The highest BCUT2D eigenvalue weighted by atomic mass is 16.3. The van der Waals surface area contributed by atoms with Crippen LogP contribution in [0.1, 0.15) is 0 Å². The molecule has 43 valence electrons. The summed E-state index contributed by atoms with van der Waals surface area (Å²) >= 11 is 0. The molecule has 1 atom stereocenters. The van der Waals surface area contributed by atoms with Gasteiger partial charge in [0.05, 0.1) is 0 Å². The average Bonchev–Trinajstić information content (AvgIpc) is 1.64. The van der Waals surface area contributed by atoms with Gasteiger partial charge in [-0.2, -0.15) is 0 Å². The van der Waals surface area contributed by atoms with Crippen molar-refractivity contribution in [2.45, 2.75) is 6.35 Å². The van der Waals surface area contributed by atoms with Crippen molar-refractivity contribution in [3.8, 4) is 0 Å². The van der Waals surface area contributed by atoms with Gasteiger partial charge in [-0.15, -0.1) is 0 Å². The van der Waals surface area contributed by atoms with E-state index in [4.69, 9.17) is 10.8 Å². The Morgan fingerprint density at radius 2 is 2.50 bits per heavy atom. The summed E-state index contributed by atoms with van der Waals surface area (Å²) < 4.78 is 0. The molecule has 0 aliphatic carbocycles. The molecule has 8 heavy (non-hydrogen) atoms. The van der Waals surface area contributed by atoms with E-state index >= 15 is 0 Å². The third kappa shape index (κ3) is 0.974. The highest BCUT2D eigenvalue weighted by molar-refractivity contribution is 5.91. The molecule has 1 heterocycles. The first-order valence-electron chi connectivity index (χ1n) is 2.17. The Kier molecular flexibility index (Phi) is 1.17. The largest absolute Gasteiger partial charge is 0.384 e. The lowest BCUT2D eigenvalue weighted by Gasteiger charge is -2.05. The predicted octanol–water partition coefficient (Wildman–Crippen LogP) is -1.25. The number of aliphatic hydroxyl groups excluding tert-OH is 1. The van der Waals surface area contributed by atoms with E-state index in [1.54, 1.807) is 0 Å². The minimum Gasteiger partial charge on any atom is -0.384 e. The SMILES string of the molecule is NC1=NC(O)[N]C=C1. The number of nitrogens with zero attached hydrogens (tertiary/aromatic N) is 2. The van der Waals surface area contributed by atoms with Crippen molar-refractivity contribution < 1.29 is 5.11 Å². The fourth-order valence-corrected chi connectivity index (χ4v) is 0.406. The summed E-state index contributed by atoms with van der Waals surface area (Å²) in [4.78, 5) is 3.48. The maximum absolute atomic E-state index is 8.59. The van der Waals surface area contributed by atoms with Gasteiger partial charge in [0.2, 0.25) is 6.35 Å². The van der Waals surface area contributed by atoms with Crippen LogP contribution in [0, 0.1) is 0 Å². The monoisotopic (exact) mass is 112 g/mol. The molecule has 1 aliphatic rings. The fraction of sp³-hybridized carbons (Fsp3) is 0.250. The van der Waals surface area contributed by atoms with Gasteiger partial charge >= 0.3 is 0 Å². The van der Waals surface area contributed by atoms with Crippen LogP contribution in [-0.2, 0) is 0 Å². The molecular weight excluding hydrogens is 106 g/mol. The van der Waals surface area contributed by atoms with Gasteiger partial charge in [0, 0.05) is 6.20 Å². The first kappa shape index (κ1) is 5.11. The number of hydrogen-bond donors (Lipinski definition) is 2. The smallest absolute Gasteiger partial charge is 0.244 e. The van der Waals surface area contributed by atoms with Crippen LogP contribution in [-0.4, -0.2) is 17.3 Å². The van der Waals surface area contributed by atoms with Crippen LogP contribution in [0.15, 0.2) is 17.3 Å². The Morgan fingerprint density at radius 1 is 1.75 bits per heavy atom. The lowest BCUT2D eigenvalue weighted by Crippen LogP contribution is -2.24. The molecule has 1 aliphatic heterocycles. The van der Waals surface area contributed by atoms with E-state index in [1.807, 2.05) is 0 Å². The lowest BCUT2D eigenvalue weighted by molar-refractivity contribution is 0.158. The van der Waals surface area contributed by atoms with Gasteiger partial charge in [0.15, 0.2) is 0 Å². The summed E-state index contributed by atoms with van der Waals surface area (Å²) in [7, 11) is 0. The number of hydrogen-bond acceptors (Lipinski definition) is 3. The maximum Gasteiger partial charge on any atom is 0.244 e. The molecule has 0 saturated carbocycles. The van der Waals surface area contributed by atoms with E-state index in [-0.39, 0.29) is 0 Å². The minimum atomic E-state index is -0.986. The van der Waals surface area contributed by atoms with Crippen LogP contribution in [0.3, 0.4) is 0 Å². The summed E-state index contributed by atoms with van der Waals surface area (Å²) in [6.07, 6.45) is 1.96. The molecule has 0 fully saturated rings. The second-order valence-electron chi connectivity index (χ2n) is 1.37. The van der Waals surface area contributed by atoms with Crippen molar-refractivity contribution in [1.82, 2.24) is 5.32 Å². The van der Waals surface area contributed by atoms with Crippen molar-refractivity contribution >= 4 is 5.84 Å². The summed E-state index contributed by atoms with van der Waals surface area (Å²) in [6, 6.07) is 0. The van der Waals surface area contributed by atoms with Crippen molar-refractivity contribution in [2.75, 3.05) is 0 Å². The average molecular weight is 112 g/mol. The first-order valence-corrected chi connectivity index (χ1v) is 2.17. The Labute approximate surface area is 46.7 Å². The molecular formula is C4H6N3O. The van der Waals surface area contributed by atoms with Gasteiger partial charge < -0.3 is 10.8 Å². The highest BCUT2D eigenvalue weighted by Crippen LogP contribution is 1.89. The molecule has 1 radical (unpaired) electrons. The molecule has 0 aromatic carbocycles. The van der Waals surface area contributed by atoms with Crippen molar-refractivity contribution in [3.05, 3.63) is 12.3 Å². The van der Waals surface area contributed by atoms with Crippen LogP contribution < -0.4 is 11.1 Å². The van der Waals surface area contributed by atoms with E-state index in [0.29, 0.717) is 5.84 Å². The maximum atomic E-state index is 8.59. The van der Waals surface area contributed by atoms with Gasteiger partial charge in [0.25, 0.3) is 0 Å². The summed E-state index contributed by atoms with van der Waals surface area (Å²) in [5, 5.41) is 12.1. The van der Waals surface area contributed by atoms with E-state index in [9.17, 15) is 0 Å². The number of aliphatic hydroxyl groups is 1. The molecule has 0 aromatic rings. The van der Waals surface area contributed by atoms with E-state index in [2.05, 4.69) is 10.3 Å². The molecule has 0 aromatic heterocycles. The van der Waals surface area contributed by atoms with Gasteiger partial charge in [-0.05, 0) is 6.08 Å². The summed E-state index contributed by atoms with van der Waals surface area (Å²) in [6.45, 7) is 0. The second kappa shape index (κ2) is 1.83. The molecule has 0 spiro atoms. The molecule has 3 N–H and O–H groups in total. The third-order valence-electron chi connectivity index (χ3n) is 0.729. The van der Waals surface area contributed by atoms with Crippen molar-refractivity contribution in [1.29, 1.82) is 0 Å². The zero-order valence-corrected chi connectivity index (χ0v) is 4.15. The standard InChI is InChI=1S/C4H6N3O/c5-3-1-2-6-4(8)7-3/h1-2,4,8H,(H2,5,7). The van der Waals surface area contributed by atoms with E-state index in [0.717, 1.165) is 0 Å². The Morgan fingerprint density at radius 3 is 2.88 bits per heavy atom. The number of nitrogens with two attached hydrogens (primary N) is 1. The molecule has 4 heteroatoms. The number of rotatable bonds is 0. The number of aliphatic imine (C=N–C) groups is 1. The Hall–Kier alpha value is -1.03. The van der Waals surface area contributed by atoms with Crippen molar-refractivity contribution in [3.63, 3.8) is 0 Å². The predicted molar refractivity (Wildman–Crippen MR) is 28.9 cm³/mol. The molecule has 1 unspecified atom stereocenters. The molecule has 4 nitrogen and oxygen atoms in total. The Bertz CT molecular complexity index is 140. The summed E-state index contributed by atoms with van der Waals surface area (Å²) in [5.41, 5.74) is 5.17. The van der Waals surface area contributed by atoms with Crippen LogP contribution in [0.4, 0.5) is 0 Å².